The predicted octanol–water partition coefficient (Wildman–Crippen LogP) is -0.0980. The number of hydrogen-bond acceptors (Lipinski definition) is 2. The van der Waals surface area contributed by atoms with Gasteiger partial charge < -0.3 is 4.74 Å². The third-order valence-electron chi connectivity index (χ3n) is 0.0962. The molecule has 0 radical (unpaired) electrons. The third kappa shape index (κ3) is 18.8. The third-order valence-corrected chi connectivity index (χ3v) is 0.0962. The Balaban J connectivity index is 0. The van der Waals surface area contributed by atoms with Crippen molar-refractivity contribution >= 4 is 20.0 Å². The van der Waals surface area contributed by atoms with Gasteiger partial charge in [0.15, 0.2) is 0 Å². The number of rotatable bonds is 1. The number of carbonyl (C=O) groups is 1. The lowest BCUT2D eigenvalue weighted by Crippen LogP contribution is -1.68. The zero-order valence-corrected chi connectivity index (χ0v) is 3.89. The highest BCUT2D eigenvalue weighted by molar-refractivity contribution is 7.59. The summed E-state index contributed by atoms with van der Waals surface area (Å²) in [6, 6.07) is 0. The molecule has 0 saturated heterocycles. The van der Waals surface area contributed by atoms with Crippen molar-refractivity contribution in [1.82, 2.24) is 0 Å². The van der Waals surface area contributed by atoms with E-state index in [0.717, 1.165) is 0 Å². The van der Waals surface area contributed by atoms with E-state index >= 15 is 0 Å². The highest BCUT2D eigenvalue weighted by Crippen LogP contribution is 1.35. The Morgan fingerprint density at radius 1 is 1.80 bits per heavy atom. The quantitative estimate of drug-likeness (QED) is 0.424. The van der Waals surface area contributed by atoms with Gasteiger partial charge in [0.2, 0.25) is 0 Å². The van der Waals surface area contributed by atoms with E-state index in [9.17, 15) is 0 Å². The normalized spacial score (nSPS) is 4.20. The van der Waals surface area contributed by atoms with Gasteiger partial charge in [-0.1, -0.05) is 0 Å². The van der Waals surface area contributed by atoms with E-state index in [1.807, 2.05) is 0 Å². The first kappa shape index (κ1) is 8.84. The highest BCUT2D eigenvalue weighted by Gasteiger charge is 1.44. The molecule has 0 aromatic rings. The van der Waals surface area contributed by atoms with Crippen LogP contribution in [0.2, 0.25) is 0 Å². The summed E-state index contributed by atoms with van der Waals surface area (Å²) in [5.41, 5.74) is 0. The van der Waals surface area contributed by atoms with Gasteiger partial charge in [0.25, 0.3) is 6.47 Å². The molecule has 0 aromatic heterocycles. The maximum atomic E-state index is 8.95. The van der Waals surface area contributed by atoms with Crippen molar-refractivity contribution in [1.29, 1.82) is 0 Å². The van der Waals surface area contributed by atoms with Crippen LogP contribution in [-0.2, 0) is 9.53 Å². The largest absolute Gasteiger partial charge is 0.471 e. The molecule has 0 N–H and O–H groups in total. The predicted molar refractivity (Wildman–Crippen MR) is 23.5 cm³/mol. The zero-order chi connectivity index (χ0) is 3.41. The summed E-state index contributed by atoms with van der Waals surface area (Å²) in [4.78, 5) is 8.95. The minimum Gasteiger partial charge on any atom is -0.471 e. The van der Waals surface area contributed by atoms with Crippen LogP contribution in [0.1, 0.15) is 0 Å². The molecule has 0 saturated carbocycles. The van der Waals surface area contributed by atoms with Gasteiger partial charge in [-0.05, 0) is 0 Å². The Bertz CT molecular complexity index is 21.6. The van der Waals surface area contributed by atoms with Crippen molar-refractivity contribution < 1.29 is 9.53 Å². The molecule has 0 bridgehead atoms. The summed E-state index contributed by atoms with van der Waals surface area (Å²) < 4.78 is 3.86. The molecule has 0 fully saturated rings. The Labute approximate surface area is 37.6 Å². The molecule has 0 unspecified atom stereocenters. The average molecular weight is 94.1 g/mol. The lowest BCUT2D eigenvalue weighted by atomic mass is 11.5. The second-order valence-electron chi connectivity index (χ2n) is 0.332. The fraction of sp³-hybridized carbons (Fsp3) is 0.500. The molecule has 0 aliphatic carbocycles. The number of methoxy groups -OCH3 is 1. The second-order valence-corrected chi connectivity index (χ2v) is 0.332. The maximum Gasteiger partial charge on any atom is 0.292 e. The molecule has 3 heteroatoms. The van der Waals surface area contributed by atoms with Crippen LogP contribution in [0.4, 0.5) is 0 Å². The van der Waals surface area contributed by atoms with Crippen molar-refractivity contribution in [3.05, 3.63) is 0 Å². The molecule has 0 spiro atoms. The molecule has 32 valence electrons. The van der Waals surface area contributed by atoms with Crippen LogP contribution in [0, 0.1) is 0 Å². The summed E-state index contributed by atoms with van der Waals surface area (Å²) >= 11 is 0. The van der Waals surface area contributed by atoms with E-state index in [2.05, 4.69) is 4.74 Å². The van der Waals surface area contributed by atoms with Gasteiger partial charge in [0, 0.05) is 0 Å². The Kier molecular flexibility index (Phi) is 16.2. The number of hydrogen-bond donors (Lipinski definition) is 0. The molecular formula is C2H6O2S. The number of ether oxygens (including phenoxy) is 1. The molecule has 0 aliphatic rings. The van der Waals surface area contributed by atoms with Crippen molar-refractivity contribution in [2.24, 2.45) is 0 Å². The molecule has 0 aromatic carbocycles. The molecule has 0 atom stereocenters. The second kappa shape index (κ2) is 9.17. The fourth-order valence-corrected chi connectivity index (χ4v) is 0. The van der Waals surface area contributed by atoms with Gasteiger partial charge in [-0.25, -0.2) is 0 Å². The zero-order valence-electron chi connectivity index (χ0n) is 2.89. The van der Waals surface area contributed by atoms with Crippen LogP contribution < -0.4 is 0 Å². The van der Waals surface area contributed by atoms with Crippen molar-refractivity contribution in [2.75, 3.05) is 7.11 Å². The van der Waals surface area contributed by atoms with Gasteiger partial charge in [-0.2, -0.15) is 13.5 Å². The average Bonchev–Trinajstić information content (AvgIpc) is 1.37. The monoisotopic (exact) mass is 94.0 g/mol. The molecule has 2 nitrogen and oxygen atoms in total. The molecule has 0 aliphatic heterocycles. The SMILES string of the molecule is COC=O.S. The van der Waals surface area contributed by atoms with E-state index in [1.165, 1.54) is 7.11 Å². The van der Waals surface area contributed by atoms with Crippen LogP contribution >= 0.6 is 13.5 Å². The van der Waals surface area contributed by atoms with Crippen LogP contribution in [0.25, 0.3) is 0 Å². The van der Waals surface area contributed by atoms with Gasteiger partial charge >= 0.3 is 0 Å². The van der Waals surface area contributed by atoms with Crippen LogP contribution in [-0.4, -0.2) is 13.6 Å². The van der Waals surface area contributed by atoms with Crippen LogP contribution in [0.15, 0.2) is 0 Å². The summed E-state index contributed by atoms with van der Waals surface area (Å²) in [6.07, 6.45) is 0. The van der Waals surface area contributed by atoms with E-state index in [1.54, 1.807) is 0 Å². The Hall–Kier alpha value is -0.180. The smallest absolute Gasteiger partial charge is 0.292 e. The molecule has 0 amide bonds. The molecular weight excluding hydrogens is 88.1 g/mol. The van der Waals surface area contributed by atoms with Gasteiger partial charge in [0.1, 0.15) is 0 Å². The first-order valence-corrected chi connectivity index (χ1v) is 0.880. The summed E-state index contributed by atoms with van der Waals surface area (Å²) in [7, 11) is 1.31. The maximum absolute atomic E-state index is 8.95. The summed E-state index contributed by atoms with van der Waals surface area (Å²) in [6.45, 7) is 0.375. The van der Waals surface area contributed by atoms with Crippen molar-refractivity contribution in [2.45, 2.75) is 0 Å². The minimum atomic E-state index is 0. The first-order valence-electron chi connectivity index (χ1n) is 0.880. The molecule has 0 rings (SSSR count). The van der Waals surface area contributed by atoms with E-state index in [0.29, 0.717) is 6.47 Å². The Morgan fingerprint density at radius 2 is 2.00 bits per heavy atom. The fourth-order valence-electron chi connectivity index (χ4n) is 0. The molecule has 0 heterocycles. The lowest BCUT2D eigenvalue weighted by molar-refractivity contribution is -0.126. The first-order chi connectivity index (χ1) is 1.91. The van der Waals surface area contributed by atoms with Gasteiger partial charge in [0.05, 0.1) is 7.11 Å². The van der Waals surface area contributed by atoms with Gasteiger partial charge in [-0.15, -0.1) is 0 Å². The molecule has 5 heavy (non-hydrogen) atoms. The Morgan fingerprint density at radius 3 is 2.00 bits per heavy atom. The number of carbonyl (C=O) groups excluding carboxylic acids is 1. The highest BCUT2D eigenvalue weighted by atomic mass is 32.1. The van der Waals surface area contributed by atoms with Crippen molar-refractivity contribution in [3.63, 3.8) is 0 Å². The van der Waals surface area contributed by atoms with E-state index in [4.69, 9.17) is 4.79 Å². The van der Waals surface area contributed by atoms with E-state index in [-0.39, 0.29) is 13.5 Å². The lowest BCUT2D eigenvalue weighted by Gasteiger charge is -1.67. The standard InChI is InChI=1S/C2H4O2.H2S/c1-4-2-3;/h2H,1H3;1H2. The van der Waals surface area contributed by atoms with Crippen LogP contribution in [0.3, 0.4) is 0 Å². The summed E-state index contributed by atoms with van der Waals surface area (Å²) in [5, 5.41) is 0. The van der Waals surface area contributed by atoms with Crippen molar-refractivity contribution in [3.8, 4) is 0 Å². The van der Waals surface area contributed by atoms with Crippen LogP contribution in [0.5, 0.6) is 0 Å². The van der Waals surface area contributed by atoms with E-state index < -0.39 is 0 Å². The summed E-state index contributed by atoms with van der Waals surface area (Å²) in [5.74, 6) is 0. The van der Waals surface area contributed by atoms with Gasteiger partial charge in [-0.3, -0.25) is 4.79 Å². The topological polar surface area (TPSA) is 26.3 Å². The minimum absolute atomic E-state index is 0.